The van der Waals surface area contributed by atoms with Gasteiger partial charge in [0.05, 0.1) is 6.61 Å². The maximum absolute atomic E-state index is 12.1. The van der Waals surface area contributed by atoms with Gasteiger partial charge in [0.15, 0.2) is 0 Å². The Labute approximate surface area is 105 Å². The van der Waals surface area contributed by atoms with Crippen molar-refractivity contribution >= 4 is 5.91 Å². The molecule has 4 heteroatoms. The highest BCUT2D eigenvalue weighted by molar-refractivity contribution is 5.76. The Kier molecular flexibility index (Phi) is 6.52. The first-order valence-electron chi connectivity index (χ1n) is 6.63. The fourth-order valence-corrected chi connectivity index (χ4v) is 2.18. The molecule has 100 valence electrons. The molecule has 17 heavy (non-hydrogen) atoms. The van der Waals surface area contributed by atoms with Crippen LogP contribution in [-0.2, 0) is 9.53 Å². The van der Waals surface area contributed by atoms with E-state index in [-0.39, 0.29) is 5.91 Å². The molecule has 0 aromatic rings. The zero-order valence-electron chi connectivity index (χ0n) is 11.4. The molecule has 1 rings (SSSR count). The second-order valence-corrected chi connectivity index (χ2v) is 5.22. The van der Waals surface area contributed by atoms with Gasteiger partial charge in [0.1, 0.15) is 0 Å². The molecular weight excluding hydrogens is 216 g/mol. The number of hydrogen-bond donors (Lipinski definition) is 1. The fraction of sp³-hybridized carbons (Fsp3) is 0.923. The third-order valence-corrected chi connectivity index (χ3v) is 3.10. The average molecular weight is 242 g/mol. The van der Waals surface area contributed by atoms with Gasteiger partial charge in [-0.1, -0.05) is 13.8 Å². The molecule has 0 aliphatic carbocycles. The monoisotopic (exact) mass is 242 g/mol. The normalized spacial score (nSPS) is 19.9. The highest BCUT2D eigenvalue weighted by Gasteiger charge is 2.21. The van der Waals surface area contributed by atoms with E-state index >= 15 is 0 Å². The SMILES string of the molecule is COCCN(CC1CCCN1)C(=O)CC(C)C. The summed E-state index contributed by atoms with van der Waals surface area (Å²) >= 11 is 0. The topological polar surface area (TPSA) is 41.6 Å². The summed E-state index contributed by atoms with van der Waals surface area (Å²) in [6.45, 7) is 7.41. The lowest BCUT2D eigenvalue weighted by Crippen LogP contribution is -2.43. The van der Waals surface area contributed by atoms with Crippen molar-refractivity contribution < 1.29 is 9.53 Å². The van der Waals surface area contributed by atoms with Gasteiger partial charge in [0.25, 0.3) is 0 Å². The Balaban J connectivity index is 2.43. The zero-order chi connectivity index (χ0) is 12.7. The molecule has 0 bridgehead atoms. The van der Waals surface area contributed by atoms with Crippen LogP contribution in [0, 0.1) is 5.92 Å². The first-order valence-corrected chi connectivity index (χ1v) is 6.63. The summed E-state index contributed by atoms with van der Waals surface area (Å²) < 4.78 is 5.08. The third kappa shape index (κ3) is 5.50. The zero-order valence-corrected chi connectivity index (χ0v) is 11.4. The number of rotatable bonds is 7. The molecule has 0 radical (unpaired) electrons. The van der Waals surface area contributed by atoms with E-state index in [9.17, 15) is 4.79 Å². The molecule has 4 nitrogen and oxygen atoms in total. The van der Waals surface area contributed by atoms with Gasteiger partial charge in [-0.25, -0.2) is 0 Å². The lowest BCUT2D eigenvalue weighted by molar-refractivity contribution is -0.132. The molecule has 0 aromatic carbocycles. The quantitative estimate of drug-likeness (QED) is 0.731. The van der Waals surface area contributed by atoms with Gasteiger partial charge in [0, 0.05) is 32.7 Å². The number of nitrogens with one attached hydrogen (secondary N) is 1. The highest BCUT2D eigenvalue weighted by atomic mass is 16.5. The predicted octanol–water partition coefficient (Wildman–Crippen LogP) is 1.26. The van der Waals surface area contributed by atoms with Crippen LogP contribution < -0.4 is 5.32 Å². The molecule has 1 fully saturated rings. The Hall–Kier alpha value is -0.610. The standard InChI is InChI=1S/C13H26N2O2/c1-11(2)9-13(16)15(7-8-17-3)10-12-5-4-6-14-12/h11-12,14H,4-10H2,1-3H3. The largest absolute Gasteiger partial charge is 0.383 e. The van der Waals surface area contributed by atoms with Crippen molar-refractivity contribution in [2.75, 3.05) is 33.4 Å². The lowest BCUT2D eigenvalue weighted by atomic mass is 10.1. The van der Waals surface area contributed by atoms with E-state index in [4.69, 9.17) is 4.74 Å². The summed E-state index contributed by atoms with van der Waals surface area (Å²) in [6, 6.07) is 0.475. The van der Waals surface area contributed by atoms with Crippen LogP contribution in [0.3, 0.4) is 0 Å². The van der Waals surface area contributed by atoms with Crippen LogP contribution in [0.4, 0.5) is 0 Å². The van der Waals surface area contributed by atoms with E-state index in [1.807, 2.05) is 4.90 Å². The summed E-state index contributed by atoms with van der Waals surface area (Å²) in [5.74, 6) is 0.676. The maximum atomic E-state index is 12.1. The van der Waals surface area contributed by atoms with Crippen LogP contribution in [0.15, 0.2) is 0 Å². The Bertz CT molecular complexity index is 225. The van der Waals surface area contributed by atoms with Gasteiger partial charge in [-0.15, -0.1) is 0 Å². The van der Waals surface area contributed by atoms with Crippen molar-refractivity contribution in [1.82, 2.24) is 10.2 Å². The van der Waals surface area contributed by atoms with Crippen molar-refractivity contribution in [1.29, 1.82) is 0 Å². The van der Waals surface area contributed by atoms with Crippen LogP contribution in [-0.4, -0.2) is 50.2 Å². The molecule has 0 saturated carbocycles. The Morgan fingerprint density at radius 1 is 1.53 bits per heavy atom. The number of carbonyl (C=O) groups is 1. The van der Waals surface area contributed by atoms with E-state index in [0.29, 0.717) is 31.5 Å². The van der Waals surface area contributed by atoms with Gasteiger partial charge >= 0.3 is 0 Å². The highest BCUT2D eigenvalue weighted by Crippen LogP contribution is 2.10. The number of hydrogen-bond acceptors (Lipinski definition) is 3. The first-order chi connectivity index (χ1) is 8.13. The van der Waals surface area contributed by atoms with Crippen molar-refractivity contribution in [2.45, 2.75) is 39.2 Å². The molecule has 1 aliphatic rings. The predicted molar refractivity (Wildman–Crippen MR) is 68.9 cm³/mol. The lowest BCUT2D eigenvalue weighted by Gasteiger charge is -2.26. The van der Waals surface area contributed by atoms with Gasteiger partial charge in [-0.3, -0.25) is 4.79 Å². The van der Waals surface area contributed by atoms with Gasteiger partial charge < -0.3 is 15.0 Å². The number of ether oxygens (including phenoxy) is 1. The molecular formula is C13H26N2O2. The molecule has 1 unspecified atom stereocenters. The molecule has 1 heterocycles. The molecule has 1 aliphatic heterocycles. The van der Waals surface area contributed by atoms with Crippen LogP contribution in [0.1, 0.15) is 33.1 Å². The van der Waals surface area contributed by atoms with Crippen LogP contribution in [0.5, 0.6) is 0 Å². The Morgan fingerprint density at radius 3 is 2.82 bits per heavy atom. The van der Waals surface area contributed by atoms with E-state index in [1.54, 1.807) is 7.11 Å². The van der Waals surface area contributed by atoms with Gasteiger partial charge in [0.2, 0.25) is 5.91 Å². The van der Waals surface area contributed by atoms with Gasteiger partial charge in [-0.05, 0) is 25.3 Å². The Morgan fingerprint density at radius 2 is 2.29 bits per heavy atom. The summed E-state index contributed by atoms with van der Waals surface area (Å²) in [5, 5.41) is 3.44. The molecule has 1 atom stereocenters. The molecule has 0 spiro atoms. The summed E-state index contributed by atoms with van der Waals surface area (Å²) in [6.07, 6.45) is 3.04. The van der Waals surface area contributed by atoms with E-state index in [2.05, 4.69) is 19.2 Å². The van der Waals surface area contributed by atoms with E-state index < -0.39 is 0 Å². The van der Waals surface area contributed by atoms with Crippen LogP contribution >= 0.6 is 0 Å². The minimum Gasteiger partial charge on any atom is -0.383 e. The molecule has 1 saturated heterocycles. The minimum absolute atomic E-state index is 0.255. The summed E-state index contributed by atoms with van der Waals surface area (Å²) in [7, 11) is 1.68. The molecule has 1 N–H and O–H groups in total. The summed E-state index contributed by atoms with van der Waals surface area (Å²) in [5.41, 5.74) is 0. The smallest absolute Gasteiger partial charge is 0.222 e. The van der Waals surface area contributed by atoms with Crippen LogP contribution in [0.25, 0.3) is 0 Å². The number of carbonyl (C=O) groups excluding carboxylic acids is 1. The van der Waals surface area contributed by atoms with E-state index in [0.717, 1.165) is 13.1 Å². The molecule has 1 amide bonds. The number of methoxy groups -OCH3 is 1. The van der Waals surface area contributed by atoms with Crippen molar-refractivity contribution in [3.8, 4) is 0 Å². The van der Waals surface area contributed by atoms with Crippen molar-refractivity contribution in [2.24, 2.45) is 5.92 Å². The van der Waals surface area contributed by atoms with Crippen molar-refractivity contribution in [3.05, 3.63) is 0 Å². The molecule has 0 aromatic heterocycles. The summed E-state index contributed by atoms with van der Waals surface area (Å²) in [4.78, 5) is 14.0. The number of amides is 1. The minimum atomic E-state index is 0.255. The fourth-order valence-electron chi connectivity index (χ4n) is 2.18. The third-order valence-electron chi connectivity index (χ3n) is 3.10. The second-order valence-electron chi connectivity index (χ2n) is 5.22. The van der Waals surface area contributed by atoms with E-state index in [1.165, 1.54) is 12.8 Å². The second kappa shape index (κ2) is 7.67. The van der Waals surface area contributed by atoms with Gasteiger partial charge in [-0.2, -0.15) is 0 Å². The maximum Gasteiger partial charge on any atom is 0.222 e. The van der Waals surface area contributed by atoms with Crippen molar-refractivity contribution in [3.63, 3.8) is 0 Å². The first kappa shape index (κ1) is 14.5. The number of nitrogens with zero attached hydrogens (tertiary/aromatic N) is 1. The van der Waals surface area contributed by atoms with Crippen LogP contribution in [0.2, 0.25) is 0 Å². The average Bonchev–Trinajstić information content (AvgIpc) is 2.75.